The molecule has 0 aliphatic heterocycles. The summed E-state index contributed by atoms with van der Waals surface area (Å²) in [6, 6.07) is 1.68. The van der Waals surface area contributed by atoms with Crippen LogP contribution in [0.1, 0.15) is 21.9 Å². The number of carbonyl (C=O) groups excluding carboxylic acids is 1. The van der Waals surface area contributed by atoms with Crippen molar-refractivity contribution < 1.29 is 9.53 Å². The quantitative estimate of drug-likeness (QED) is 0.780. The van der Waals surface area contributed by atoms with Crippen LogP contribution in [0, 0.1) is 6.92 Å². The van der Waals surface area contributed by atoms with Gasteiger partial charge in [0, 0.05) is 24.0 Å². The van der Waals surface area contributed by atoms with Crippen LogP contribution in [0.3, 0.4) is 0 Å². The molecular formula is C11H13N5O2. The van der Waals surface area contributed by atoms with E-state index < -0.39 is 5.97 Å². The SMILES string of the molecule is COC(=O)c1nccc(NCc2cn[nH]c2C)n1. The molecule has 0 aliphatic carbocycles. The number of nitrogens with zero attached hydrogens (tertiary/aromatic N) is 3. The van der Waals surface area contributed by atoms with Crippen molar-refractivity contribution in [1.82, 2.24) is 20.2 Å². The van der Waals surface area contributed by atoms with Gasteiger partial charge in [-0.25, -0.2) is 14.8 Å². The minimum absolute atomic E-state index is 0.0337. The molecule has 2 N–H and O–H groups in total. The maximum Gasteiger partial charge on any atom is 0.376 e. The molecule has 0 spiro atoms. The van der Waals surface area contributed by atoms with Gasteiger partial charge in [-0.15, -0.1) is 0 Å². The van der Waals surface area contributed by atoms with Crippen molar-refractivity contribution in [2.45, 2.75) is 13.5 Å². The maximum absolute atomic E-state index is 11.3. The summed E-state index contributed by atoms with van der Waals surface area (Å²) in [7, 11) is 1.29. The van der Waals surface area contributed by atoms with Crippen LogP contribution in [-0.4, -0.2) is 33.2 Å². The Morgan fingerprint density at radius 1 is 1.56 bits per heavy atom. The molecule has 2 rings (SSSR count). The van der Waals surface area contributed by atoms with Gasteiger partial charge in [-0.2, -0.15) is 5.10 Å². The van der Waals surface area contributed by atoms with Crippen molar-refractivity contribution in [3.05, 3.63) is 35.5 Å². The first kappa shape index (κ1) is 12.0. The number of aromatic nitrogens is 4. The van der Waals surface area contributed by atoms with Gasteiger partial charge in [0.2, 0.25) is 5.82 Å². The van der Waals surface area contributed by atoms with Crippen LogP contribution in [0.5, 0.6) is 0 Å². The zero-order valence-corrected chi connectivity index (χ0v) is 10.1. The molecule has 0 aliphatic rings. The highest BCUT2D eigenvalue weighted by Gasteiger charge is 2.09. The second-order valence-electron chi connectivity index (χ2n) is 3.63. The van der Waals surface area contributed by atoms with E-state index in [1.54, 1.807) is 12.3 Å². The van der Waals surface area contributed by atoms with E-state index in [9.17, 15) is 4.79 Å². The molecule has 0 saturated carbocycles. The van der Waals surface area contributed by atoms with E-state index in [2.05, 4.69) is 30.2 Å². The number of methoxy groups -OCH3 is 1. The van der Waals surface area contributed by atoms with Gasteiger partial charge in [-0.3, -0.25) is 5.10 Å². The number of hydrogen-bond donors (Lipinski definition) is 2. The molecule has 0 amide bonds. The predicted molar refractivity (Wildman–Crippen MR) is 64.0 cm³/mol. The van der Waals surface area contributed by atoms with Crippen LogP contribution in [0.4, 0.5) is 5.82 Å². The average molecular weight is 247 g/mol. The third-order valence-electron chi connectivity index (χ3n) is 2.42. The number of aromatic amines is 1. The fourth-order valence-electron chi connectivity index (χ4n) is 1.39. The van der Waals surface area contributed by atoms with E-state index in [0.29, 0.717) is 12.4 Å². The molecule has 7 heteroatoms. The molecule has 7 nitrogen and oxygen atoms in total. The van der Waals surface area contributed by atoms with Crippen molar-refractivity contribution in [2.75, 3.05) is 12.4 Å². The van der Waals surface area contributed by atoms with Crippen LogP contribution in [0.2, 0.25) is 0 Å². The van der Waals surface area contributed by atoms with Crippen LogP contribution in [0.15, 0.2) is 18.5 Å². The Hall–Kier alpha value is -2.44. The minimum Gasteiger partial charge on any atom is -0.463 e. The molecular weight excluding hydrogens is 234 g/mol. The molecule has 0 bridgehead atoms. The van der Waals surface area contributed by atoms with Crippen molar-refractivity contribution >= 4 is 11.8 Å². The average Bonchev–Trinajstić information content (AvgIpc) is 2.81. The number of carbonyl (C=O) groups is 1. The molecule has 0 saturated heterocycles. The predicted octanol–water partition coefficient (Wildman–Crippen LogP) is 0.907. The standard InChI is InChI=1S/C11H13N5O2/c1-7-8(6-14-16-7)5-13-9-3-4-12-10(15-9)11(17)18-2/h3-4,6H,5H2,1-2H3,(H,14,16)(H,12,13,15). The lowest BCUT2D eigenvalue weighted by Crippen LogP contribution is -2.10. The number of hydrogen-bond acceptors (Lipinski definition) is 6. The highest BCUT2D eigenvalue weighted by atomic mass is 16.5. The summed E-state index contributed by atoms with van der Waals surface area (Å²) in [5.74, 6) is 0.0376. The molecule has 0 unspecified atom stereocenters. The van der Waals surface area contributed by atoms with Gasteiger partial charge >= 0.3 is 5.97 Å². The number of nitrogens with one attached hydrogen (secondary N) is 2. The Kier molecular flexibility index (Phi) is 3.52. The lowest BCUT2D eigenvalue weighted by atomic mass is 10.2. The number of rotatable bonds is 4. The summed E-state index contributed by atoms with van der Waals surface area (Å²) in [4.78, 5) is 19.1. The van der Waals surface area contributed by atoms with E-state index in [-0.39, 0.29) is 5.82 Å². The molecule has 0 fully saturated rings. The van der Waals surface area contributed by atoms with Gasteiger partial charge in [0.15, 0.2) is 0 Å². The van der Waals surface area contributed by atoms with Gasteiger partial charge in [0.05, 0.1) is 13.3 Å². The number of anilines is 1. The number of H-pyrrole nitrogens is 1. The van der Waals surface area contributed by atoms with Gasteiger partial charge < -0.3 is 10.1 Å². The lowest BCUT2D eigenvalue weighted by molar-refractivity contribution is 0.0587. The topological polar surface area (TPSA) is 92.8 Å². The van der Waals surface area contributed by atoms with Crippen LogP contribution >= 0.6 is 0 Å². The fourth-order valence-corrected chi connectivity index (χ4v) is 1.39. The third-order valence-corrected chi connectivity index (χ3v) is 2.42. The largest absolute Gasteiger partial charge is 0.463 e. The molecule has 0 atom stereocenters. The first-order valence-corrected chi connectivity index (χ1v) is 5.35. The van der Waals surface area contributed by atoms with Gasteiger partial charge in [-0.05, 0) is 13.0 Å². The summed E-state index contributed by atoms with van der Waals surface area (Å²) < 4.78 is 4.55. The minimum atomic E-state index is -0.557. The summed E-state index contributed by atoms with van der Waals surface area (Å²) in [5, 5.41) is 9.86. The fraction of sp³-hybridized carbons (Fsp3) is 0.273. The Balaban J connectivity index is 2.06. The maximum atomic E-state index is 11.3. The lowest BCUT2D eigenvalue weighted by Gasteiger charge is -2.05. The number of ether oxygens (including phenoxy) is 1. The zero-order valence-electron chi connectivity index (χ0n) is 10.1. The molecule has 2 aromatic rings. The Morgan fingerprint density at radius 3 is 3.06 bits per heavy atom. The summed E-state index contributed by atoms with van der Waals surface area (Å²) >= 11 is 0. The molecule has 18 heavy (non-hydrogen) atoms. The van der Waals surface area contributed by atoms with E-state index in [4.69, 9.17) is 0 Å². The smallest absolute Gasteiger partial charge is 0.376 e. The van der Waals surface area contributed by atoms with E-state index in [1.165, 1.54) is 13.3 Å². The van der Waals surface area contributed by atoms with E-state index in [1.807, 2.05) is 6.92 Å². The van der Waals surface area contributed by atoms with Crippen molar-refractivity contribution in [3.8, 4) is 0 Å². The molecule has 2 aromatic heterocycles. The third kappa shape index (κ3) is 2.62. The summed E-state index contributed by atoms with van der Waals surface area (Å²) in [6.07, 6.45) is 3.24. The van der Waals surface area contributed by atoms with Crippen LogP contribution in [-0.2, 0) is 11.3 Å². The summed E-state index contributed by atoms with van der Waals surface area (Å²) in [6.45, 7) is 2.50. The first-order valence-electron chi connectivity index (χ1n) is 5.35. The first-order chi connectivity index (χ1) is 8.70. The van der Waals surface area contributed by atoms with Crippen LogP contribution < -0.4 is 5.32 Å². The highest BCUT2D eigenvalue weighted by Crippen LogP contribution is 2.08. The highest BCUT2D eigenvalue weighted by molar-refractivity contribution is 5.85. The second kappa shape index (κ2) is 5.26. The normalized spacial score (nSPS) is 10.1. The number of aryl methyl sites for hydroxylation is 1. The summed E-state index contributed by atoms with van der Waals surface area (Å²) in [5.41, 5.74) is 2.03. The Bertz CT molecular complexity index is 552. The molecule has 0 radical (unpaired) electrons. The van der Waals surface area contributed by atoms with Gasteiger partial charge in [0.25, 0.3) is 0 Å². The molecule has 0 aromatic carbocycles. The molecule has 2 heterocycles. The van der Waals surface area contributed by atoms with Crippen molar-refractivity contribution in [2.24, 2.45) is 0 Å². The van der Waals surface area contributed by atoms with E-state index in [0.717, 1.165) is 11.3 Å². The number of esters is 1. The van der Waals surface area contributed by atoms with Crippen molar-refractivity contribution in [3.63, 3.8) is 0 Å². The Labute approximate surface area is 104 Å². The van der Waals surface area contributed by atoms with Gasteiger partial charge in [-0.1, -0.05) is 0 Å². The Morgan fingerprint density at radius 2 is 2.39 bits per heavy atom. The second-order valence-corrected chi connectivity index (χ2v) is 3.63. The van der Waals surface area contributed by atoms with Crippen LogP contribution in [0.25, 0.3) is 0 Å². The van der Waals surface area contributed by atoms with Crippen molar-refractivity contribution in [1.29, 1.82) is 0 Å². The monoisotopic (exact) mass is 247 g/mol. The van der Waals surface area contributed by atoms with Gasteiger partial charge in [0.1, 0.15) is 5.82 Å². The zero-order chi connectivity index (χ0) is 13.0. The molecule has 94 valence electrons. The van der Waals surface area contributed by atoms with E-state index >= 15 is 0 Å².